The van der Waals surface area contributed by atoms with E-state index < -0.39 is 0 Å². The molecular weight excluding hydrogens is 340 g/mol. The molecule has 1 N–H and O–H groups in total. The van der Waals surface area contributed by atoms with E-state index in [9.17, 15) is 9.59 Å². The molecule has 1 aromatic heterocycles. The van der Waals surface area contributed by atoms with Crippen molar-refractivity contribution in [3.63, 3.8) is 0 Å². The zero-order valence-electron chi connectivity index (χ0n) is 15.6. The van der Waals surface area contributed by atoms with Crippen molar-refractivity contribution in [3.8, 4) is 0 Å². The lowest BCUT2D eigenvalue weighted by Crippen LogP contribution is -2.43. The molecule has 0 fully saturated rings. The Balaban J connectivity index is 1.63. The number of fused-ring (bicyclic) bond motifs is 1. The maximum absolute atomic E-state index is 12.5. The van der Waals surface area contributed by atoms with E-state index in [4.69, 9.17) is 0 Å². The van der Waals surface area contributed by atoms with E-state index in [1.165, 1.54) is 10.2 Å². The minimum atomic E-state index is -0.253. The Labute approximate surface area is 158 Å². The molecule has 1 heterocycles. The standard InChI is InChI=1S/C21H24N4O2/c1-24(2)18(12-16-8-4-3-5-9-16)14-22-20(26)15-25-21(27)19-11-7-6-10-17(19)13-23-25/h3-11,13,18H,12,14-15H2,1-2H3,(H,22,26). The number of hydrogen-bond acceptors (Lipinski definition) is 4. The highest BCUT2D eigenvalue weighted by Crippen LogP contribution is 2.07. The second kappa shape index (κ2) is 8.60. The number of rotatable bonds is 7. The van der Waals surface area contributed by atoms with Crippen LogP contribution in [0.2, 0.25) is 0 Å². The van der Waals surface area contributed by atoms with Crippen molar-refractivity contribution in [3.05, 3.63) is 76.7 Å². The third-order valence-electron chi connectivity index (χ3n) is 4.63. The van der Waals surface area contributed by atoms with Crippen molar-refractivity contribution in [2.45, 2.75) is 19.0 Å². The third-order valence-corrected chi connectivity index (χ3v) is 4.63. The average Bonchev–Trinajstić information content (AvgIpc) is 2.68. The number of nitrogens with one attached hydrogen (secondary N) is 1. The Morgan fingerprint density at radius 2 is 1.81 bits per heavy atom. The first kappa shape index (κ1) is 18.8. The van der Waals surface area contributed by atoms with Crippen LogP contribution in [0, 0.1) is 0 Å². The van der Waals surface area contributed by atoms with E-state index in [0.29, 0.717) is 11.9 Å². The monoisotopic (exact) mass is 364 g/mol. The highest BCUT2D eigenvalue weighted by Gasteiger charge is 2.15. The van der Waals surface area contributed by atoms with Crippen LogP contribution >= 0.6 is 0 Å². The second-order valence-corrected chi connectivity index (χ2v) is 6.81. The lowest BCUT2D eigenvalue weighted by atomic mass is 10.1. The molecule has 0 saturated heterocycles. The van der Waals surface area contributed by atoms with Gasteiger partial charge in [-0.15, -0.1) is 0 Å². The van der Waals surface area contributed by atoms with Crippen molar-refractivity contribution >= 4 is 16.7 Å². The molecule has 0 spiro atoms. The SMILES string of the molecule is CN(C)C(CNC(=O)Cn1ncc2ccccc2c1=O)Cc1ccccc1. The lowest BCUT2D eigenvalue weighted by molar-refractivity contribution is -0.122. The van der Waals surface area contributed by atoms with Crippen LogP contribution in [-0.2, 0) is 17.8 Å². The Bertz CT molecular complexity index is 967. The van der Waals surface area contributed by atoms with Gasteiger partial charge >= 0.3 is 0 Å². The Kier molecular flexibility index (Phi) is 5.98. The summed E-state index contributed by atoms with van der Waals surface area (Å²) in [6, 6.07) is 17.6. The van der Waals surface area contributed by atoms with Gasteiger partial charge in [0, 0.05) is 18.0 Å². The molecule has 2 aromatic carbocycles. The maximum atomic E-state index is 12.5. The Hall–Kier alpha value is -2.99. The molecule has 6 heteroatoms. The van der Waals surface area contributed by atoms with Gasteiger partial charge in [0.1, 0.15) is 6.54 Å². The number of benzene rings is 2. The van der Waals surface area contributed by atoms with E-state index >= 15 is 0 Å². The van der Waals surface area contributed by atoms with Crippen LogP contribution < -0.4 is 10.9 Å². The highest BCUT2D eigenvalue weighted by atomic mass is 16.2. The molecule has 140 valence electrons. The zero-order chi connectivity index (χ0) is 19.2. The van der Waals surface area contributed by atoms with E-state index in [2.05, 4.69) is 27.4 Å². The topological polar surface area (TPSA) is 67.2 Å². The lowest BCUT2D eigenvalue weighted by Gasteiger charge is -2.24. The number of carbonyl (C=O) groups excluding carboxylic acids is 1. The van der Waals surface area contributed by atoms with Gasteiger partial charge in [0.15, 0.2) is 0 Å². The van der Waals surface area contributed by atoms with Gasteiger partial charge in [-0.1, -0.05) is 48.5 Å². The molecule has 6 nitrogen and oxygen atoms in total. The molecule has 0 aliphatic heterocycles. The first-order valence-electron chi connectivity index (χ1n) is 8.96. The quantitative estimate of drug-likeness (QED) is 0.693. The number of aromatic nitrogens is 2. The molecule has 0 aliphatic rings. The second-order valence-electron chi connectivity index (χ2n) is 6.81. The van der Waals surface area contributed by atoms with Gasteiger partial charge in [0.05, 0.1) is 11.6 Å². The minimum Gasteiger partial charge on any atom is -0.353 e. The number of amides is 1. The van der Waals surface area contributed by atoms with Crippen LogP contribution in [0.25, 0.3) is 10.8 Å². The van der Waals surface area contributed by atoms with Crippen molar-refractivity contribution < 1.29 is 4.79 Å². The van der Waals surface area contributed by atoms with Crippen LogP contribution in [-0.4, -0.2) is 47.3 Å². The molecule has 1 atom stereocenters. The maximum Gasteiger partial charge on any atom is 0.275 e. The van der Waals surface area contributed by atoms with Crippen LogP contribution in [0.3, 0.4) is 0 Å². The summed E-state index contributed by atoms with van der Waals surface area (Å²) in [5.74, 6) is -0.222. The molecule has 1 unspecified atom stereocenters. The van der Waals surface area contributed by atoms with Gasteiger partial charge in [-0.05, 0) is 32.1 Å². The summed E-state index contributed by atoms with van der Waals surface area (Å²) in [5, 5.41) is 8.38. The first-order valence-corrected chi connectivity index (χ1v) is 8.96. The van der Waals surface area contributed by atoms with E-state index in [1.807, 2.05) is 44.4 Å². The van der Waals surface area contributed by atoms with Gasteiger partial charge < -0.3 is 10.2 Å². The smallest absolute Gasteiger partial charge is 0.275 e. The Morgan fingerprint density at radius 3 is 2.56 bits per heavy atom. The Morgan fingerprint density at radius 1 is 1.11 bits per heavy atom. The largest absolute Gasteiger partial charge is 0.353 e. The summed E-state index contributed by atoms with van der Waals surface area (Å²) in [6.45, 7) is 0.415. The summed E-state index contributed by atoms with van der Waals surface area (Å²) in [4.78, 5) is 26.9. The molecule has 27 heavy (non-hydrogen) atoms. The molecule has 0 bridgehead atoms. The summed E-state index contributed by atoms with van der Waals surface area (Å²) in [6.07, 6.45) is 2.45. The zero-order valence-corrected chi connectivity index (χ0v) is 15.6. The first-order chi connectivity index (χ1) is 13.0. The number of carbonyl (C=O) groups is 1. The molecule has 3 aromatic rings. The number of hydrogen-bond donors (Lipinski definition) is 1. The van der Waals surface area contributed by atoms with Gasteiger partial charge in [0.2, 0.25) is 5.91 Å². The van der Waals surface area contributed by atoms with Gasteiger partial charge in [0.25, 0.3) is 5.56 Å². The van der Waals surface area contributed by atoms with Crippen molar-refractivity contribution in [2.24, 2.45) is 0 Å². The molecule has 0 saturated carbocycles. The molecule has 3 rings (SSSR count). The van der Waals surface area contributed by atoms with Gasteiger partial charge in [-0.25, -0.2) is 4.68 Å². The fourth-order valence-electron chi connectivity index (χ4n) is 2.99. The van der Waals surface area contributed by atoms with Crippen molar-refractivity contribution in [1.29, 1.82) is 0 Å². The van der Waals surface area contributed by atoms with Crippen molar-refractivity contribution in [1.82, 2.24) is 20.0 Å². The molecular formula is C21H24N4O2. The predicted molar refractivity (Wildman–Crippen MR) is 107 cm³/mol. The fourth-order valence-corrected chi connectivity index (χ4v) is 2.99. The van der Waals surface area contributed by atoms with Crippen LogP contribution in [0.15, 0.2) is 65.6 Å². The molecule has 1 amide bonds. The van der Waals surface area contributed by atoms with E-state index in [1.54, 1.807) is 18.3 Å². The minimum absolute atomic E-state index is 0.0881. The van der Waals surface area contributed by atoms with Crippen LogP contribution in [0.4, 0.5) is 0 Å². The van der Waals surface area contributed by atoms with Crippen LogP contribution in [0.1, 0.15) is 5.56 Å². The van der Waals surface area contributed by atoms with E-state index in [-0.39, 0.29) is 24.1 Å². The predicted octanol–water partition coefficient (Wildman–Crippen LogP) is 1.69. The van der Waals surface area contributed by atoms with Crippen molar-refractivity contribution in [2.75, 3.05) is 20.6 Å². The summed E-state index contributed by atoms with van der Waals surface area (Å²) >= 11 is 0. The summed E-state index contributed by atoms with van der Waals surface area (Å²) in [7, 11) is 3.99. The number of nitrogens with zero attached hydrogens (tertiary/aromatic N) is 3. The molecule has 0 radical (unpaired) electrons. The average molecular weight is 364 g/mol. The summed E-state index contributed by atoms with van der Waals surface area (Å²) < 4.78 is 1.21. The van der Waals surface area contributed by atoms with Gasteiger partial charge in [-0.3, -0.25) is 9.59 Å². The third kappa shape index (κ3) is 4.80. The highest BCUT2D eigenvalue weighted by molar-refractivity contribution is 5.81. The molecule has 0 aliphatic carbocycles. The fraction of sp³-hybridized carbons (Fsp3) is 0.286. The van der Waals surface area contributed by atoms with Crippen LogP contribution in [0.5, 0.6) is 0 Å². The van der Waals surface area contributed by atoms with E-state index in [0.717, 1.165) is 11.8 Å². The van der Waals surface area contributed by atoms with Gasteiger partial charge in [-0.2, -0.15) is 5.10 Å². The number of likely N-dealkylation sites (N-methyl/N-ethyl adjacent to an activating group) is 1. The summed E-state index contributed by atoms with van der Waals surface area (Å²) in [5.41, 5.74) is 0.967. The normalized spacial score (nSPS) is 12.3.